The molecule has 0 radical (unpaired) electrons. The maximum atomic E-state index is 12.3. The highest BCUT2D eigenvalue weighted by Crippen LogP contribution is 2.34. The van der Waals surface area contributed by atoms with E-state index >= 15 is 0 Å². The third kappa shape index (κ3) is 4.40. The topological polar surface area (TPSA) is 68.2 Å². The van der Waals surface area contributed by atoms with Gasteiger partial charge in [0.25, 0.3) is 5.91 Å². The Labute approximate surface area is 166 Å². The second-order valence-electron chi connectivity index (χ2n) is 5.73. The molecule has 0 spiro atoms. The highest BCUT2D eigenvalue weighted by atomic mass is 35.5. The molecule has 0 bridgehead atoms. The van der Waals surface area contributed by atoms with Gasteiger partial charge in [-0.2, -0.15) is 5.10 Å². The van der Waals surface area contributed by atoms with Crippen molar-refractivity contribution in [1.82, 2.24) is 5.01 Å². The normalized spacial score (nSPS) is 13.3. The highest BCUT2D eigenvalue weighted by Gasteiger charge is 2.23. The molecule has 0 fully saturated rings. The van der Waals surface area contributed by atoms with Crippen LogP contribution in [0.3, 0.4) is 0 Å². The van der Waals surface area contributed by atoms with E-state index in [0.29, 0.717) is 13.0 Å². The summed E-state index contributed by atoms with van der Waals surface area (Å²) in [5.41, 5.74) is 1.92. The van der Waals surface area contributed by atoms with Gasteiger partial charge < -0.3 is 9.47 Å². The fourth-order valence-electron chi connectivity index (χ4n) is 2.63. The second kappa shape index (κ2) is 8.41. The summed E-state index contributed by atoms with van der Waals surface area (Å²) in [6.45, 7) is 0.0203. The third-order valence-electron chi connectivity index (χ3n) is 3.96. The number of hydrogen-bond donors (Lipinski definition) is 0. The van der Waals surface area contributed by atoms with E-state index < -0.39 is 18.5 Å². The van der Waals surface area contributed by atoms with E-state index in [1.165, 1.54) is 24.3 Å². The lowest BCUT2D eigenvalue weighted by Crippen LogP contribution is -2.28. The highest BCUT2D eigenvalue weighted by molar-refractivity contribution is 6.37. The first-order valence-corrected chi connectivity index (χ1v) is 8.88. The maximum Gasteiger partial charge on any atom is 0.338 e. The van der Waals surface area contributed by atoms with E-state index in [0.717, 1.165) is 11.3 Å². The van der Waals surface area contributed by atoms with Crippen LogP contribution in [-0.2, 0) is 9.53 Å². The van der Waals surface area contributed by atoms with Crippen molar-refractivity contribution < 1.29 is 19.1 Å². The fraction of sp³-hybridized carbons (Fsp3) is 0.211. The molecule has 2 aromatic rings. The molecule has 1 aliphatic rings. The number of carbonyl (C=O) groups excluding carboxylic acids is 2. The smallest absolute Gasteiger partial charge is 0.338 e. The Kier molecular flexibility index (Phi) is 5.98. The molecule has 8 heteroatoms. The zero-order valence-electron chi connectivity index (χ0n) is 14.4. The van der Waals surface area contributed by atoms with Crippen molar-refractivity contribution in [1.29, 1.82) is 0 Å². The predicted octanol–water partition coefficient (Wildman–Crippen LogP) is 3.80. The van der Waals surface area contributed by atoms with Crippen molar-refractivity contribution >= 4 is 40.8 Å². The lowest BCUT2D eigenvalue weighted by molar-refractivity contribution is -0.134. The molecule has 0 saturated heterocycles. The number of hydrogen-bond acceptors (Lipinski definition) is 5. The molecule has 1 heterocycles. The predicted molar refractivity (Wildman–Crippen MR) is 103 cm³/mol. The maximum absolute atomic E-state index is 12.3. The summed E-state index contributed by atoms with van der Waals surface area (Å²) in [5.74, 6) is -0.841. The monoisotopic (exact) mass is 406 g/mol. The third-order valence-corrected chi connectivity index (χ3v) is 4.52. The van der Waals surface area contributed by atoms with Crippen LogP contribution in [0.5, 0.6) is 5.75 Å². The lowest BCUT2D eigenvalue weighted by atomic mass is 10.1. The number of carbonyl (C=O) groups is 2. The first-order chi connectivity index (χ1) is 13.0. The molecule has 27 heavy (non-hydrogen) atoms. The molecule has 0 aromatic heterocycles. The fourth-order valence-corrected chi connectivity index (χ4v) is 3.27. The minimum absolute atomic E-state index is 0.133. The quantitative estimate of drug-likeness (QED) is 0.708. The SMILES string of the molecule is COc1c(Cl)cc(C(=O)OCC(=O)N2CCC(c3ccccc3)=N2)cc1Cl. The van der Waals surface area contributed by atoms with Crippen LogP contribution < -0.4 is 4.74 Å². The van der Waals surface area contributed by atoms with Crippen LogP contribution in [0.2, 0.25) is 10.0 Å². The first-order valence-electron chi connectivity index (χ1n) is 8.13. The number of esters is 1. The molecule has 0 N–H and O–H groups in total. The molecule has 140 valence electrons. The van der Waals surface area contributed by atoms with Gasteiger partial charge in [0, 0.05) is 6.42 Å². The van der Waals surface area contributed by atoms with Gasteiger partial charge in [-0.3, -0.25) is 4.79 Å². The Morgan fingerprint density at radius 2 is 1.81 bits per heavy atom. The van der Waals surface area contributed by atoms with Gasteiger partial charge in [-0.25, -0.2) is 9.80 Å². The zero-order valence-corrected chi connectivity index (χ0v) is 16.0. The molecular formula is C19H16Cl2N2O4. The summed E-state index contributed by atoms with van der Waals surface area (Å²) in [7, 11) is 1.42. The van der Waals surface area contributed by atoms with Crippen LogP contribution in [-0.4, -0.2) is 42.9 Å². The van der Waals surface area contributed by atoms with E-state index in [1.807, 2.05) is 30.3 Å². The van der Waals surface area contributed by atoms with Crippen LogP contribution in [0.1, 0.15) is 22.3 Å². The lowest BCUT2D eigenvalue weighted by Gasteiger charge is -2.12. The number of nitrogens with zero attached hydrogens (tertiary/aromatic N) is 2. The van der Waals surface area contributed by atoms with Crippen LogP contribution in [0.4, 0.5) is 0 Å². The Balaban J connectivity index is 1.61. The van der Waals surface area contributed by atoms with Crippen LogP contribution in [0.25, 0.3) is 0 Å². The number of ether oxygens (including phenoxy) is 2. The van der Waals surface area contributed by atoms with Gasteiger partial charge in [-0.15, -0.1) is 0 Å². The molecule has 0 unspecified atom stereocenters. The molecule has 1 amide bonds. The minimum Gasteiger partial charge on any atom is -0.494 e. The molecule has 3 rings (SSSR count). The van der Waals surface area contributed by atoms with Crippen molar-refractivity contribution in [3.05, 3.63) is 63.6 Å². The van der Waals surface area contributed by atoms with Crippen LogP contribution in [0, 0.1) is 0 Å². The Bertz CT molecular complexity index is 877. The molecule has 0 atom stereocenters. The number of hydrazone groups is 1. The minimum atomic E-state index is -0.707. The summed E-state index contributed by atoms with van der Waals surface area (Å²) in [4.78, 5) is 24.4. The Morgan fingerprint density at radius 1 is 1.15 bits per heavy atom. The van der Waals surface area contributed by atoms with Crippen molar-refractivity contribution in [2.24, 2.45) is 5.10 Å². The van der Waals surface area contributed by atoms with Gasteiger partial charge in [-0.05, 0) is 17.7 Å². The average molecular weight is 407 g/mol. The van der Waals surface area contributed by atoms with E-state index in [9.17, 15) is 9.59 Å². The van der Waals surface area contributed by atoms with E-state index in [4.69, 9.17) is 32.7 Å². The van der Waals surface area contributed by atoms with E-state index in [-0.39, 0.29) is 21.4 Å². The summed E-state index contributed by atoms with van der Waals surface area (Å²) in [6, 6.07) is 12.4. The number of halogens is 2. The summed E-state index contributed by atoms with van der Waals surface area (Å²) in [6.07, 6.45) is 0.646. The largest absolute Gasteiger partial charge is 0.494 e. The van der Waals surface area contributed by atoms with Crippen LogP contribution >= 0.6 is 23.2 Å². The first kappa shape index (κ1) is 19.2. The molecule has 1 aliphatic heterocycles. The molecule has 2 aromatic carbocycles. The van der Waals surface area contributed by atoms with Crippen molar-refractivity contribution in [2.75, 3.05) is 20.3 Å². The van der Waals surface area contributed by atoms with E-state index in [2.05, 4.69) is 5.10 Å². The van der Waals surface area contributed by atoms with Gasteiger partial charge in [0.15, 0.2) is 12.4 Å². The second-order valence-corrected chi connectivity index (χ2v) is 6.54. The van der Waals surface area contributed by atoms with Gasteiger partial charge in [0.2, 0.25) is 0 Å². The number of rotatable bonds is 5. The number of amides is 1. The van der Waals surface area contributed by atoms with Crippen LogP contribution in [0.15, 0.2) is 47.6 Å². The van der Waals surface area contributed by atoms with Gasteiger partial charge in [0.1, 0.15) is 0 Å². The Hall–Kier alpha value is -2.57. The summed E-state index contributed by atoms with van der Waals surface area (Å²) in [5, 5.41) is 5.98. The standard InChI is InChI=1S/C19H16Cl2N2O4/c1-26-18-14(20)9-13(10-15(18)21)19(25)27-11-17(24)23-8-7-16(22-23)12-5-3-2-4-6-12/h2-6,9-10H,7-8,11H2,1H3. The van der Waals surface area contributed by atoms with Crippen molar-refractivity contribution in [3.8, 4) is 5.75 Å². The summed E-state index contributed by atoms with van der Waals surface area (Å²) < 4.78 is 10.1. The van der Waals surface area contributed by atoms with E-state index in [1.54, 1.807) is 0 Å². The summed E-state index contributed by atoms with van der Waals surface area (Å²) >= 11 is 12.0. The zero-order chi connectivity index (χ0) is 19.4. The van der Waals surface area contributed by atoms with Gasteiger partial charge in [0.05, 0.1) is 35.0 Å². The molecular weight excluding hydrogens is 391 g/mol. The number of benzene rings is 2. The van der Waals surface area contributed by atoms with Crippen molar-refractivity contribution in [2.45, 2.75) is 6.42 Å². The van der Waals surface area contributed by atoms with Gasteiger partial charge in [-0.1, -0.05) is 53.5 Å². The molecule has 0 saturated carbocycles. The number of methoxy groups -OCH3 is 1. The molecule has 0 aliphatic carbocycles. The average Bonchev–Trinajstić information content (AvgIpc) is 3.16. The van der Waals surface area contributed by atoms with Gasteiger partial charge >= 0.3 is 5.97 Å². The van der Waals surface area contributed by atoms with Crippen molar-refractivity contribution in [3.63, 3.8) is 0 Å². The molecule has 6 nitrogen and oxygen atoms in total. The Morgan fingerprint density at radius 3 is 2.44 bits per heavy atom.